The van der Waals surface area contributed by atoms with Crippen LogP contribution in [0.5, 0.6) is 23.0 Å². The molecule has 0 amide bonds. The van der Waals surface area contributed by atoms with Crippen molar-refractivity contribution in [1.82, 2.24) is 5.32 Å². The van der Waals surface area contributed by atoms with Gasteiger partial charge in [-0.25, -0.2) is 0 Å². The van der Waals surface area contributed by atoms with Gasteiger partial charge in [-0.05, 0) is 74.5 Å². The molecule has 0 aromatic heterocycles. The number of nitrogens with zero attached hydrogens (tertiary/aromatic N) is 4. The Balaban J connectivity index is 0.000000212. The van der Waals surface area contributed by atoms with Crippen molar-refractivity contribution in [3.8, 4) is 23.0 Å². The van der Waals surface area contributed by atoms with Crippen molar-refractivity contribution >= 4 is 24.9 Å². The number of benzene rings is 4. The maximum absolute atomic E-state index is 9.54. The standard InChI is InChI=1S/2C16H16N2O2.C5H11N/c2*19-15-7-3-1-5-13(15)11-17-9-10-18-12-14-6-2-4-8-16(14)20;1-2-4-6-5-3-1/h2*1-8,11-12,19-20H,9-10H2;6H,1-5H2. The molecule has 4 aromatic carbocycles. The number of nitrogens with one attached hydrogen (secondary N) is 1. The van der Waals surface area contributed by atoms with Crippen LogP contribution >= 0.6 is 0 Å². The van der Waals surface area contributed by atoms with E-state index in [1.807, 2.05) is 24.3 Å². The largest absolute Gasteiger partial charge is 0.507 e. The van der Waals surface area contributed by atoms with E-state index in [9.17, 15) is 20.4 Å². The third-order valence-electron chi connectivity index (χ3n) is 6.59. The summed E-state index contributed by atoms with van der Waals surface area (Å²) >= 11 is 0. The van der Waals surface area contributed by atoms with Gasteiger partial charge in [0.1, 0.15) is 23.0 Å². The van der Waals surface area contributed by atoms with Crippen molar-refractivity contribution < 1.29 is 20.4 Å². The van der Waals surface area contributed by atoms with Crippen molar-refractivity contribution in [2.24, 2.45) is 20.0 Å². The normalized spacial score (nSPS) is 13.0. The van der Waals surface area contributed by atoms with Crippen molar-refractivity contribution in [2.75, 3.05) is 39.3 Å². The summed E-state index contributed by atoms with van der Waals surface area (Å²) in [6, 6.07) is 28.1. The lowest BCUT2D eigenvalue weighted by molar-refractivity contribution is 0.474. The first-order chi connectivity index (χ1) is 22.5. The molecule has 240 valence electrons. The second kappa shape index (κ2) is 21.4. The zero-order valence-electron chi connectivity index (χ0n) is 26.0. The summed E-state index contributed by atoms with van der Waals surface area (Å²) in [7, 11) is 0. The van der Waals surface area contributed by atoms with Gasteiger partial charge in [0.2, 0.25) is 0 Å². The summed E-state index contributed by atoms with van der Waals surface area (Å²) in [6.45, 7) is 4.60. The monoisotopic (exact) mass is 621 g/mol. The molecule has 1 aliphatic rings. The fraction of sp³-hybridized carbons (Fsp3) is 0.243. The molecule has 9 heteroatoms. The van der Waals surface area contributed by atoms with Crippen LogP contribution in [-0.2, 0) is 0 Å². The number of aromatic hydroxyl groups is 4. The Hall–Kier alpha value is -5.28. The number of aliphatic imine (C=N–C) groups is 4. The van der Waals surface area contributed by atoms with E-state index in [0.29, 0.717) is 48.4 Å². The second-order valence-electron chi connectivity index (χ2n) is 10.2. The average Bonchev–Trinajstić information content (AvgIpc) is 3.09. The molecule has 1 aliphatic heterocycles. The zero-order chi connectivity index (χ0) is 32.7. The molecular formula is C37H43N5O4. The van der Waals surface area contributed by atoms with Crippen LogP contribution in [-0.4, -0.2) is 84.6 Å². The Morgan fingerprint density at radius 3 is 0.870 bits per heavy atom. The fourth-order valence-electron chi connectivity index (χ4n) is 4.07. The molecular weight excluding hydrogens is 578 g/mol. The van der Waals surface area contributed by atoms with Crippen molar-refractivity contribution in [3.05, 3.63) is 119 Å². The van der Waals surface area contributed by atoms with Gasteiger partial charge in [-0.2, -0.15) is 0 Å². The lowest BCUT2D eigenvalue weighted by Gasteiger charge is -2.08. The fourth-order valence-corrected chi connectivity index (χ4v) is 4.07. The van der Waals surface area contributed by atoms with Gasteiger partial charge in [0.05, 0.1) is 26.2 Å². The SMILES string of the molecule is C1CCNCC1.Oc1ccccc1C=NCCN=Cc1ccccc1O.Oc1ccccc1C=NCCN=Cc1ccccc1O. The van der Waals surface area contributed by atoms with Gasteiger partial charge < -0.3 is 25.7 Å². The number of hydrogen-bond donors (Lipinski definition) is 5. The smallest absolute Gasteiger partial charge is 0.124 e. The van der Waals surface area contributed by atoms with Crippen LogP contribution in [0.15, 0.2) is 117 Å². The Morgan fingerprint density at radius 2 is 0.674 bits per heavy atom. The number of rotatable bonds is 10. The van der Waals surface area contributed by atoms with Gasteiger partial charge in [0, 0.05) is 47.1 Å². The van der Waals surface area contributed by atoms with E-state index in [4.69, 9.17) is 0 Å². The van der Waals surface area contributed by atoms with E-state index in [-0.39, 0.29) is 23.0 Å². The predicted octanol–water partition coefficient (Wildman–Crippen LogP) is 6.03. The molecule has 46 heavy (non-hydrogen) atoms. The molecule has 4 aromatic rings. The molecule has 5 N–H and O–H groups in total. The van der Waals surface area contributed by atoms with E-state index in [2.05, 4.69) is 25.3 Å². The molecule has 0 bridgehead atoms. The number of phenols is 4. The topological polar surface area (TPSA) is 142 Å². The Kier molecular flexibility index (Phi) is 16.4. The van der Waals surface area contributed by atoms with Crippen LogP contribution in [0.4, 0.5) is 0 Å². The summed E-state index contributed by atoms with van der Waals surface area (Å²) in [5.74, 6) is 0.867. The molecule has 0 atom stereocenters. The van der Waals surface area contributed by atoms with Crippen molar-refractivity contribution in [1.29, 1.82) is 0 Å². The molecule has 1 fully saturated rings. The predicted molar refractivity (Wildman–Crippen MR) is 189 cm³/mol. The first-order valence-electron chi connectivity index (χ1n) is 15.4. The minimum absolute atomic E-state index is 0.217. The van der Waals surface area contributed by atoms with E-state index < -0.39 is 0 Å². The second-order valence-corrected chi connectivity index (χ2v) is 10.2. The maximum atomic E-state index is 9.54. The summed E-state index contributed by atoms with van der Waals surface area (Å²) in [4.78, 5) is 16.8. The van der Waals surface area contributed by atoms with Crippen molar-refractivity contribution in [2.45, 2.75) is 19.3 Å². The van der Waals surface area contributed by atoms with Gasteiger partial charge in [-0.1, -0.05) is 55.0 Å². The summed E-state index contributed by atoms with van der Waals surface area (Å²) in [5, 5.41) is 41.5. The van der Waals surface area contributed by atoms with Crippen LogP contribution in [0, 0.1) is 0 Å². The maximum Gasteiger partial charge on any atom is 0.124 e. The Bertz CT molecular complexity index is 1330. The third kappa shape index (κ3) is 14.0. The van der Waals surface area contributed by atoms with E-state index in [0.717, 1.165) is 0 Å². The highest BCUT2D eigenvalue weighted by molar-refractivity contribution is 5.85. The van der Waals surface area contributed by atoms with Crippen LogP contribution in [0.3, 0.4) is 0 Å². The minimum Gasteiger partial charge on any atom is -0.507 e. The summed E-state index contributed by atoms with van der Waals surface area (Å²) in [5.41, 5.74) is 2.77. The summed E-state index contributed by atoms with van der Waals surface area (Å²) in [6.07, 6.45) is 10.7. The minimum atomic E-state index is 0.217. The molecule has 1 heterocycles. The number of piperidine rings is 1. The number of phenolic OH excluding ortho intramolecular Hbond substituents is 4. The van der Waals surface area contributed by atoms with E-state index in [1.165, 1.54) is 32.4 Å². The van der Waals surface area contributed by atoms with Gasteiger partial charge >= 0.3 is 0 Å². The number of hydrogen-bond acceptors (Lipinski definition) is 9. The molecule has 0 unspecified atom stereocenters. The molecule has 0 saturated carbocycles. The first kappa shape index (κ1) is 35.2. The van der Waals surface area contributed by atoms with E-state index in [1.54, 1.807) is 97.7 Å². The highest BCUT2D eigenvalue weighted by Gasteiger charge is 1.97. The lowest BCUT2D eigenvalue weighted by atomic mass is 10.2. The Labute approximate surface area is 271 Å². The molecule has 0 aliphatic carbocycles. The molecule has 1 saturated heterocycles. The van der Waals surface area contributed by atoms with Gasteiger partial charge in [0.25, 0.3) is 0 Å². The highest BCUT2D eigenvalue weighted by atomic mass is 16.3. The van der Waals surface area contributed by atoms with Gasteiger partial charge in [0.15, 0.2) is 0 Å². The molecule has 0 spiro atoms. The van der Waals surface area contributed by atoms with Crippen LogP contribution < -0.4 is 5.32 Å². The quantitative estimate of drug-likeness (QED) is 0.109. The molecule has 9 nitrogen and oxygen atoms in total. The van der Waals surface area contributed by atoms with Crippen molar-refractivity contribution in [3.63, 3.8) is 0 Å². The number of para-hydroxylation sites is 4. The van der Waals surface area contributed by atoms with Crippen LogP contribution in [0.1, 0.15) is 41.5 Å². The van der Waals surface area contributed by atoms with E-state index >= 15 is 0 Å². The zero-order valence-corrected chi connectivity index (χ0v) is 26.0. The van der Waals surface area contributed by atoms with Gasteiger partial charge in [-0.3, -0.25) is 20.0 Å². The summed E-state index contributed by atoms with van der Waals surface area (Å²) < 4.78 is 0. The first-order valence-corrected chi connectivity index (χ1v) is 15.4. The Morgan fingerprint density at radius 1 is 0.413 bits per heavy atom. The molecule has 5 rings (SSSR count). The lowest BCUT2D eigenvalue weighted by Crippen LogP contribution is -2.21. The molecule has 0 radical (unpaired) electrons. The van der Waals surface area contributed by atoms with Gasteiger partial charge in [-0.15, -0.1) is 0 Å². The highest BCUT2D eigenvalue weighted by Crippen LogP contribution is 2.15. The third-order valence-corrected chi connectivity index (χ3v) is 6.59. The average molecular weight is 622 g/mol. The van der Waals surface area contributed by atoms with Crippen LogP contribution in [0.2, 0.25) is 0 Å². The van der Waals surface area contributed by atoms with Crippen LogP contribution in [0.25, 0.3) is 0 Å².